The summed E-state index contributed by atoms with van der Waals surface area (Å²) in [7, 11) is 0. The van der Waals surface area contributed by atoms with Crippen LogP contribution in [0.5, 0.6) is 0 Å². The second-order valence-corrected chi connectivity index (χ2v) is 4.88. The van der Waals surface area contributed by atoms with Crippen molar-refractivity contribution in [3.63, 3.8) is 0 Å². The Balaban J connectivity index is 3.01. The number of carbonyl (C=O) groups excluding carboxylic acids is 1. The molecule has 0 unspecified atom stereocenters. The first-order valence-corrected chi connectivity index (χ1v) is 7.57. The van der Waals surface area contributed by atoms with E-state index >= 15 is 0 Å². The second-order valence-electron chi connectivity index (χ2n) is 4.88. The van der Waals surface area contributed by atoms with Gasteiger partial charge in [-0.15, -0.1) is 0 Å². The molecule has 0 atom stereocenters. The van der Waals surface area contributed by atoms with Gasteiger partial charge in [0, 0.05) is 0 Å². The Morgan fingerprint density at radius 2 is 1.39 bits per heavy atom. The molecule has 0 heterocycles. The Kier molecular flexibility index (Phi) is 14.0. The van der Waals surface area contributed by atoms with E-state index in [1.54, 1.807) is 0 Å². The van der Waals surface area contributed by atoms with Gasteiger partial charge in [0.15, 0.2) is 0 Å². The molecule has 108 valence electrons. The molecule has 0 aliphatic carbocycles. The zero-order valence-corrected chi connectivity index (χ0v) is 12.0. The molecule has 0 aromatic rings. The summed E-state index contributed by atoms with van der Waals surface area (Å²) in [5.74, 6) is -0.284. The van der Waals surface area contributed by atoms with Gasteiger partial charge in [0.25, 0.3) is 0 Å². The number of carbonyl (C=O) groups is 1. The van der Waals surface area contributed by atoms with Crippen LogP contribution in [0.15, 0.2) is 0 Å². The van der Waals surface area contributed by atoms with Crippen molar-refractivity contribution < 1.29 is 14.6 Å². The molecule has 0 bridgehead atoms. The average molecular weight is 258 g/mol. The maximum absolute atomic E-state index is 10.9. The number of aliphatic hydroxyl groups is 1. The Bertz CT molecular complexity index is 181. The van der Waals surface area contributed by atoms with Gasteiger partial charge in [-0.2, -0.15) is 0 Å². The summed E-state index contributed by atoms with van der Waals surface area (Å²) < 4.78 is 4.96. The number of ether oxygens (including phenoxy) is 1. The van der Waals surface area contributed by atoms with E-state index in [9.17, 15) is 4.79 Å². The van der Waals surface area contributed by atoms with Crippen molar-refractivity contribution in [3.05, 3.63) is 0 Å². The van der Waals surface area contributed by atoms with Crippen LogP contribution in [0.3, 0.4) is 0 Å². The first kappa shape index (κ1) is 17.4. The van der Waals surface area contributed by atoms with E-state index < -0.39 is 0 Å². The van der Waals surface area contributed by atoms with Crippen molar-refractivity contribution in [1.82, 2.24) is 0 Å². The summed E-state index contributed by atoms with van der Waals surface area (Å²) in [6, 6.07) is 0. The lowest BCUT2D eigenvalue weighted by Gasteiger charge is -2.04. The van der Waals surface area contributed by atoms with Gasteiger partial charge in [-0.05, 0) is 6.42 Å². The second kappa shape index (κ2) is 14.5. The van der Waals surface area contributed by atoms with Crippen LogP contribution >= 0.6 is 0 Å². The fourth-order valence-corrected chi connectivity index (χ4v) is 1.94. The first-order valence-electron chi connectivity index (χ1n) is 7.57. The van der Waals surface area contributed by atoms with Crippen molar-refractivity contribution in [3.8, 4) is 0 Å². The van der Waals surface area contributed by atoms with Crippen LogP contribution in [0.2, 0.25) is 0 Å². The smallest absolute Gasteiger partial charge is 0.308 e. The Hall–Kier alpha value is -0.570. The normalized spacial score (nSPS) is 10.6. The van der Waals surface area contributed by atoms with Crippen LogP contribution in [0.4, 0.5) is 0 Å². The summed E-state index contributed by atoms with van der Waals surface area (Å²) in [5, 5.41) is 8.51. The topological polar surface area (TPSA) is 46.5 Å². The summed E-state index contributed by atoms with van der Waals surface area (Å²) >= 11 is 0. The largest absolute Gasteiger partial charge is 0.466 e. The molecule has 3 nitrogen and oxygen atoms in total. The highest BCUT2D eigenvalue weighted by molar-refractivity contribution is 5.69. The number of hydrogen-bond donors (Lipinski definition) is 1. The highest BCUT2D eigenvalue weighted by Crippen LogP contribution is 2.10. The number of esters is 1. The Morgan fingerprint density at radius 1 is 0.889 bits per heavy atom. The van der Waals surface area contributed by atoms with Crippen molar-refractivity contribution in [2.45, 2.75) is 77.6 Å². The monoisotopic (exact) mass is 258 g/mol. The molecular formula is C15H30O3. The molecule has 1 N–H and O–H groups in total. The molecule has 0 aliphatic rings. The molecule has 0 aliphatic heterocycles. The van der Waals surface area contributed by atoms with E-state index in [-0.39, 0.29) is 19.0 Å². The minimum absolute atomic E-state index is 0.114. The predicted octanol–water partition coefficient (Wildman–Crippen LogP) is 3.83. The molecule has 0 spiro atoms. The molecule has 0 fully saturated rings. The standard InChI is InChI=1S/C15H30O3/c1-2-3-4-5-6-7-8-9-10-11-14-18-15(17)12-13-16/h16H,2-14H2,1H3. The van der Waals surface area contributed by atoms with Crippen LogP contribution in [-0.2, 0) is 9.53 Å². The number of hydrogen-bond acceptors (Lipinski definition) is 3. The molecular weight excluding hydrogens is 228 g/mol. The summed E-state index contributed by atoms with van der Waals surface area (Å²) in [6.45, 7) is 2.64. The maximum atomic E-state index is 10.9. The molecule has 0 aromatic heterocycles. The zero-order chi connectivity index (χ0) is 13.5. The van der Waals surface area contributed by atoms with Gasteiger partial charge in [0.1, 0.15) is 0 Å². The van der Waals surface area contributed by atoms with E-state index in [2.05, 4.69) is 6.92 Å². The van der Waals surface area contributed by atoms with Gasteiger partial charge in [-0.1, -0.05) is 64.7 Å². The quantitative estimate of drug-likeness (QED) is 0.403. The minimum atomic E-state index is -0.284. The van der Waals surface area contributed by atoms with E-state index in [0.717, 1.165) is 12.8 Å². The third-order valence-corrected chi connectivity index (χ3v) is 3.08. The van der Waals surface area contributed by atoms with Gasteiger partial charge < -0.3 is 9.84 Å². The molecule has 3 heteroatoms. The predicted molar refractivity (Wildman–Crippen MR) is 74.5 cm³/mol. The van der Waals surface area contributed by atoms with Crippen molar-refractivity contribution in [2.75, 3.05) is 13.2 Å². The third-order valence-electron chi connectivity index (χ3n) is 3.08. The fourth-order valence-electron chi connectivity index (χ4n) is 1.94. The van der Waals surface area contributed by atoms with Crippen LogP contribution < -0.4 is 0 Å². The van der Waals surface area contributed by atoms with Crippen molar-refractivity contribution in [1.29, 1.82) is 0 Å². The fraction of sp³-hybridized carbons (Fsp3) is 0.933. The summed E-state index contributed by atoms with van der Waals surface area (Å²) in [5.41, 5.74) is 0. The van der Waals surface area contributed by atoms with Gasteiger partial charge in [-0.3, -0.25) is 4.79 Å². The van der Waals surface area contributed by atoms with Crippen molar-refractivity contribution in [2.24, 2.45) is 0 Å². The van der Waals surface area contributed by atoms with Gasteiger partial charge >= 0.3 is 5.97 Å². The highest BCUT2D eigenvalue weighted by Gasteiger charge is 2.00. The van der Waals surface area contributed by atoms with Crippen LogP contribution in [0.25, 0.3) is 0 Å². The van der Waals surface area contributed by atoms with Gasteiger partial charge in [0.05, 0.1) is 19.6 Å². The van der Waals surface area contributed by atoms with Crippen LogP contribution in [-0.4, -0.2) is 24.3 Å². The molecule has 0 rings (SSSR count). The summed E-state index contributed by atoms with van der Waals surface area (Å²) in [6.07, 6.45) is 12.9. The van der Waals surface area contributed by atoms with Crippen molar-refractivity contribution >= 4 is 5.97 Å². The Morgan fingerprint density at radius 3 is 1.89 bits per heavy atom. The van der Waals surface area contributed by atoms with E-state index in [1.807, 2.05) is 0 Å². The van der Waals surface area contributed by atoms with E-state index in [4.69, 9.17) is 9.84 Å². The lowest BCUT2D eigenvalue weighted by atomic mass is 10.1. The van der Waals surface area contributed by atoms with E-state index in [1.165, 1.54) is 51.4 Å². The molecule has 0 radical (unpaired) electrons. The maximum Gasteiger partial charge on any atom is 0.308 e. The van der Waals surface area contributed by atoms with E-state index in [0.29, 0.717) is 6.61 Å². The molecule has 0 saturated heterocycles. The highest BCUT2D eigenvalue weighted by atomic mass is 16.5. The lowest BCUT2D eigenvalue weighted by Crippen LogP contribution is -2.07. The van der Waals surface area contributed by atoms with Gasteiger partial charge in [0.2, 0.25) is 0 Å². The summed E-state index contributed by atoms with van der Waals surface area (Å²) in [4.78, 5) is 10.9. The zero-order valence-electron chi connectivity index (χ0n) is 12.0. The number of rotatable bonds is 13. The number of aliphatic hydroxyl groups excluding tert-OH is 1. The molecule has 0 amide bonds. The third kappa shape index (κ3) is 13.5. The number of unbranched alkanes of at least 4 members (excludes halogenated alkanes) is 9. The SMILES string of the molecule is CCCCCCCCCCCCOC(=O)CCO. The minimum Gasteiger partial charge on any atom is -0.466 e. The molecule has 0 saturated carbocycles. The molecule has 18 heavy (non-hydrogen) atoms. The molecule has 0 aromatic carbocycles. The van der Waals surface area contributed by atoms with Gasteiger partial charge in [-0.25, -0.2) is 0 Å². The Labute approximate surface area is 112 Å². The van der Waals surface area contributed by atoms with Crippen LogP contribution in [0.1, 0.15) is 77.6 Å². The lowest BCUT2D eigenvalue weighted by molar-refractivity contribution is -0.144. The van der Waals surface area contributed by atoms with Crippen LogP contribution in [0, 0.1) is 0 Å². The average Bonchev–Trinajstić information content (AvgIpc) is 2.36. The first-order chi connectivity index (χ1) is 8.81.